The normalized spacial score (nSPS) is 12.4. The molecule has 0 amide bonds. The summed E-state index contributed by atoms with van der Waals surface area (Å²) in [5.74, 6) is 0. The number of anilines is 1. The zero-order valence-electron chi connectivity index (χ0n) is 16.8. The highest BCUT2D eigenvalue weighted by Crippen LogP contribution is 2.27. The Hall–Kier alpha value is -3.24. The molecule has 10 heteroatoms. The van der Waals surface area contributed by atoms with E-state index in [-0.39, 0.29) is 15.5 Å². The third-order valence-electron chi connectivity index (χ3n) is 4.78. The van der Waals surface area contributed by atoms with Crippen molar-refractivity contribution >= 4 is 36.7 Å². The summed E-state index contributed by atoms with van der Waals surface area (Å²) in [4.78, 5) is 12.1. The zero-order valence-corrected chi connectivity index (χ0v) is 18.4. The summed E-state index contributed by atoms with van der Waals surface area (Å²) in [6, 6.07) is 14.4. The Labute approximate surface area is 180 Å². The fourth-order valence-electron chi connectivity index (χ4n) is 3.00. The lowest BCUT2D eigenvalue weighted by Crippen LogP contribution is -2.13. The largest absolute Gasteiger partial charge is 0.343 e. The first kappa shape index (κ1) is 21.0. The van der Waals surface area contributed by atoms with E-state index >= 15 is 0 Å². The number of nitrogens with zero attached hydrogens (tertiary/aromatic N) is 2. The van der Waals surface area contributed by atoms with Gasteiger partial charge in [-0.15, -0.1) is 0 Å². The van der Waals surface area contributed by atoms with Crippen LogP contribution >= 0.6 is 0 Å². The molecule has 0 radical (unpaired) electrons. The van der Waals surface area contributed by atoms with Gasteiger partial charge < -0.3 is 4.98 Å². The monoisotopic (exact) mass is 456 g/mol. The third-order valence-corrected chi connectivity index (χ3v) is 8.33. The second-order valence-electron chi connectivity index (χ2n) is 7.19. The van der Waals surface area contributed by atoms with E-state index in [1.54, 1.807) is 50.4 Å². The maximum atomic E-state index is 12.7. The van der Waals surface area contributed by atoms with E-state index in [1.807, 2.05) is 0 Å². The van der Waals surface area contributed by atoms with E-state index < -0.39 is 25.1 Å². The van der Waals surface area contributed by atoms with Crippen LogP contribution in [0.1, 0.15) is 13.8 Å². The molecular formula is C21H20N4O4S2. The minimum Gasteiger partial charge on any atom is -0.343 e. The van der Waals surface area contributed by atoms with Crippen molar-refractivity contribution in [2.45, 2.75) is 28.9 Å². The van der Waals surface area contributed by atoms with Crippen molar-refractivity contribution < 1.29 is 16.8 Å². The summed E-state index contributed by atoms with van der Waals surface area (Å²) >= 11 is 0. The molecule has 0 aliphatic carbocycles. The van der Waals surface area contributed by atoms with Gasteiger partial charge in [-0.3, -0.25) is 4.72 Å². The first-order chi connectivity index (χ1) is 14.7. The smallest absolute Gasteiger partial charge is 0.262 e. The predicted molar refractivity (Wildman–Crippen MR) is 119 cm³/mol. The van der Waals surface area contributed by atoms with Crippen LogP contribution in [0.15, 0.2) is 76.8 Å². The Morgan fingerprint density at radius 2 is 1.58 bits per heavy atom. The Bertz CT molecular complexity index is 1440. The van der Waals surface area contributed by atoms with E-state index in [0.717, 1.165) is 0 Å². The van der Waals surface area contributed by atoms with Crippen molar-refractivity contribution in [3.05, 3.63) is 67.0 Å². The standard InChI is InChI=1S/C21H20N4O4S2/c1-14(2)30(26,27)16-10-8-15(9-11-16)18-12-22-21-20(24-18)19(13-23-21)25-31(28,29)17-6-4-3-5-7-17/h3-14,25H,1-2H3,(H,22,23). The van der Waals surface area contributed by atoms with Crippen LogP contribution in [0.2, 0.25) is 0 Å². The molecule has 0 saturated carbocycles. The zero-order chi connectivity index (χ0) is 22.2. The fraction of sp³-hybridized carbons (Fsp3) is 0.143. The van der Waals surface area contributed by atoms with Gasteiger partial charge in [-0.1, -0.05) is 30.3 Å². The number of aromatic amines is 1. The number of H-pyrrole nitrogens is 1. The molecule has 2 N–H and O–H groups in total. The molecule has 0 fully saturated rings. The lowest BCUT2D eigenvalue weighted by atomic mass is 10.1. The molecule has 4 rings (SSSR count). The topological polar surface area (TPSA) is 122 Å². The van der Waals surface area contributed by atoms with Gasteiger partial charge in [-0.2, -0.15) is 0 Å². The summed E-state index contributed by atoms with van der Waals surface area (Å²) in [5.41, 5.74) is 2.20. The van der Waals surface area contributed by atoms with E-state index in [4.69, 9.17) is 0 Å². The number of rotatable bonds is 6. The fourth-order valence-corrected chi connectivity index (χ4v) is 5.14. The number of nitrogens with one attached hydrogen (secondary N) is 2. The van der Waals surface area contributed by atoms with Crippen LogP contribution in [0.5, 0.6) is 0 Å². The van der Waals surface area contributed by atoms with Crippen molar-refractivity contribution in [2.24, 2.45) is 0 Å². The van der Waals surface area contributed by atoms with Crippen molar-refractivity contribution in [1.82, 2.24) is 15.0 Å². The molecule has 0 aliphatic heterocycles. The van der Waals surface area contributed by atoms with Gasteiger partial charge >= 0.3 is 0 Å². The number of sulfonamides is 1. The highest BCUT2D eigenvalue weighted by molar-refractivity contribution is 7.92. The van der Waals surface area contributed by atoms with Gasteiger partial charge in [-0.05, 0) is 38.1 Å². The van der Waals surface area contributed by atoms with Gasteiger partial charge in [0.25, 0.3) is 10.0 Å². The van der Waals surface area contributed by atoms with Crippen LogP contribution in [0.25, 0.3) is 22.4 Å². The number of aromatic nitrogens is 3. The van der Waals surface area contributed by atoms with Crippen molar-refractivity contribution in [3.63, 3.8) is 0 Å². The van der Waals surface area contributed by atoms with Gasteiger partial charge in [0.1, 0.15) is 5.52 Å². The molecule has 2 heterocycles. The summed E-state index contributed by atoms with van der Waals surface area (Å²) in [7, 11) is -7.16. The third kappa shape index (κ3) is 4.04. The minimum absolute atomic E-state index is 0.135. The van der Waals surface area contributed by atoms with Crippen LogP contribution in [0.3, 0.4) is 0 Å². The SMILES string of the molecule is CC(C)S(=O)(=O)c1ccc(-c2cnc3[nH]cc(NS(=O)(=O)c4ccccc4)c3n2)cc1. The quantitative estimate of drug-likeness (QED) is 0.457. The van der Waals surface area contributed by atoms with E-state index in [9.17, 15) is 16.8 Å². The lowest BCUT2D eigenvalue weighted by molar-refractivity contribution is 0.587. The number of fused-ring (bicyclic) bond motifs is 1. The van der Waals surface area contributed by atoms with Crippen LogP contribution in [0.4, 0.5) is 5.69 Å². The van der Waals surface area contributed by atoms with Gasteiger partial charge in [0.05, 0.1) is 32.6 Å². The second kappa shape index (κ2) is 7.78. The van der Waals surface area contributed by atoms with Gasteiger partial charge in [-0.25, -0.2) is 26.8 Å². The van der Waals surface area contributed by atoms with Gasteiger partial charge in [0.2, 0.25) is 0 Å². The van der Waals surface area contributed by atoms with E-state index in [1.165, 1.54) is 30.5 Å². The summed E-state index contributed by atoms with van der Waals surface area (Å²) < 4.78 is 52.5. The summed E-state index contributed by atoms with van der Waals surface area (Å²) in [6.07, 6.45) is 3.04. The van der Waals surface area contributed by atoms with Crippen molar-refractivity contribution in [2.75, 3.05) is 4.72 Å². The lowest BCUT2D eigenvalue weighted by Gasteiger charge is -2.09. The van der Waals surface area contributed by atoms with E-state index in [2.05, 4.69) is 19.7 Å². The first-order valence-electron chi connectivity index (χ1n) is 9.45. The molecule has 0 unspecified atom stereocenters. The molecule has 4 aromatic rings. The molecule has 8 nitrogen and oxygen atoms in total. The number of hydrogen-bond donors (Lipinski definition) is 2. The average molecular weight is 457 g/mol. The van der Waals surface area contributed by atoms with Crippen LogP contribution in [-0.2, 0) is 19.9 Å². The maximum absolute atomic E-state index is 12.7. The predicted octanol–water partition coefficient (Wildman–Crippen LogP) is 3.61. The Morgan fingerprint density at radius 1 is 0.903 bits per heavy atom. The maximum Gasteiger partial charge on any atom is 0.262 e. The van der Waals surface area contributed by atoms with Gasteiger partial charge in [0, 0.05) is 11.8 Å². The second-order valence-corrected chi connectivity index (χ2v) is 11.4. The van der Waals surface area contributed by atoms with Gasteiger partial charge in [0.15, 0.2) is 15.5 Å². The van der Waals surface area contributed by atoms with Crippen molar-refractivity contribution in [3.8, 4) is 11.3 Å². The Morgan fingerprint density at radius 3 is 2.23 bits per heavy atom. The number of benzene rings is 2. The van der Waals surface area contributed by atoms with E-state index in [0.29, 0.717) is 22.4 Å². The highest BCUT2D eigenvalue weighted by Gasteiger charge is 2.20. The van der Waals surface area contributed by atoms with Crippen molar-refractivity contribution in [1.29, 1.82) is 0 Å². The first-order valence-corrected chi connectivity index (χ1v) is 12.5. The molecule has 0 bridgehead atoms. The molecule has 0 aliphatic rings. The molecule has 0 saturated heterocycles. The molecule has 0 atom stereocenters. The molecule has 2 aromatic carbocycles. The minimum atomic E-state index is -3.79. The summed E-state index contributed by atoms with van der Waals surface area (Å²) in [6.45, 7) is 3.26. The molecule has 0 spiro atoms. The molecule has 2 aromatic heterocycles. The number of sulfone groups is 1. The average Bonchev–Trinajstić information content (AvgIpc) is 3.15. The Balaban J connectivity index is 1.69. The molecular weight excluding hydrogens is 436 g/mol. The Kier molecular flexibility index (Phi) is 5.28. The summed E-state index contributed by atoms with van der Waals surface area (Å²) in [5, 5.41) is -0.519. The molecule has 160 valence electrons. The highest BCUT2D eigenvalue weighted by atomic mass is 32.2. The van der Waals surface area contributed by atoms with Crippen LogP contribution in [-0.4, -0.2) is 37.0 Å². The van der Waals surface area contributed by atoms with Crippen LogP contribution < -0.4 is 4.72 Å². The van der Waals surface area contributed by atoms with Crippen LogP contribution in [0, 0.1) is 0 Å². The number of hydrogen-bond acceptors (Lipinski definition) is 6. The molecule has 31 heavy (non-hydrogen) atoms.